The van der Waals surface area contributed by atoms with Gasteiger partial charge < -0.3 is 5.32 Å². The molecule has 4 rings (SSSR count). The van der Waals surface area contributed by atoms with Gasteiger partial charge in [-0.3, -0.25) is 19.4 Å². The third-order valence-corrected chi connectivity index (χ3v) is 4.29. The van der Waals surface area contributed by atoms with Gasteiger partial charge in [-0.1, -0.05) is 29.5 Å². The summed E-state index contributed by atoms with van der Waals surface area (Å²) >= 11 is 0. The molecule has 0 aromatic heterocycles. The first-order valence-corrected chi connectivity index (χ1v) is 8.20. The van der Waals surface area contributed by atoms with Gasteiger partial charge in [0.05, 0.1) is 5.69 Å². The Balaban J connectivity index is 1.50. The van der Waals surface area contributed by atoms with Crippen molar-refractivity contribution in [3.8, 4) is 0 Å². The van der Waals surface area contributed by atoms with E-state index < -0.39 is 35.6 Å². The zero-order chi connectivity index (χ0) is 19.0. The monoisotopic (exact) mass is 367 g/mol. The van der Waals surface area contributed by atoms with Crippen LogP contribution in [0.4, 0.5) is 15.8 Å². The first-order valence-electron chi connectivity index (χ1n) is 8.20. The van der Waals surface area contributed by atoms with Crippen molar-refractivity contribution in [2.75, 3.05) is 16.8 Å². The smallest absolute Gasteiger partial charge is 0.263 e. The molecule has 3 amide bonds. The van der Waals surface area contributed by atoms with Crippen LogP contribution in [0.1, 0.15) is 0 Å². The number of nitrogens with one attached hydrogen (secondary N) is 1. The number of hydrogen-bond acceptors (Lipinski definition) is 6. The van der Waals surface area contributed by atoms with Gasteiger partial charge in [-0.15, -0.1) is 0 Å². The third-order valence-electron chi connectivity index (χ3n) is 4.29. The second-order valence-corrected chi connectivity index (χ2v) is 6.10. The predicted molar refractivity (Wildman–Crippen MR) is 93.1 cm³/mol. The summed E-state index contributed by atoms with van der Waals surface area (Å²) < 4.78 is 13.5. The van der Waals surface area contributed by atoms with E-state index >= 15 is 0 Å². The number of para-hydroxylation sites is 1. The zero-order valence-corrected chi connectivity index (χ0v) is 13.9. The molecule has 9 heteroatoms. The van der Waals surface area contributed by atoms with Gasteiger partial charge in [-0.2, -0.15) is 5.11 Å². The van der Waals surface area contributed by atoms with E-state index in [4.69, 9.17) is 0 Å². The lowest BCUT2D eigenvalue weighted by Gasteiger charge is -2.20. The van der Waals surface area contributed by atoms with Crippen molar-refractivity contribution in [2.24, 2.45) is 10.3 Å². The molecule has 2 aromatic rings. The quantitative estimate of drug-likeness (QED) is 0.833. The Hall–Kier alpha value is -3.62. The number of nitrogens with zero attached hydrogens (tertiary/aromatic N) is 4. The van der Waals surface area contributed by atoms with Crippen LogP contribution in [0.2, 0.25) is 0 Å². The molecule has 136 valence electrons. The summed E-state index contributed by atoms with van der Waals surface area (Å²) in [5.74, 6) is -2.14. The van der Waals surface area contributed by atoms with Crippen molar-refractivity contribution < 1.29 is 18.8 Å². The molecule has 8 nitrogen and oxygen atoms in total. The van der Waals surface area contributed by atoms with Crippen LogP contribution in [0.25, 0.3) is 0 Å². The standard InChI is InChI=1S/C18H14FN5O3/c19-11-5-4-8-13(9-11)24-17(26)15-16(18(24)27)23(22-21-15)10-14(25)20-12-6-2-1-3-7-12/h1-9,15-16H,10H2,(H,20,25)/t15-,16+/m1/s1. The molecule has 2 atom stereocenters. The lowest BCUT2D eigenvalue weighted by atomic mass is 10.1. The van der Waals surface area contributed by atoms with E-state index in [1.165, 1.54) is 23.2 Å². The number of halogens is 1. The lowest BCUT2D eigenvalue weighted by Crippen LogP contribution is -2.43. The fourth-order valence-corrected chi connectivity index (χ4v) is 3.09. The van der Waals surface area contributed by atoms with E-state index in [1.54, 1.807) is 24.3 Å². The van der Waals surface area contributed by atoms with Crippen LogP contribution in [0, 0.1) is 5.82 Å². The van der Waals surface area contributed by atoms with Gasteiger partial charge in [0.15, 0.2) is 12.1 Å². The lowest BCUT2D eigenvalue weighted by molar-refractivity contribution is -0.123. The van der Waals surface area contributed by atoms with Crippen LogP contribution in [0.3, 0.4) is 0 Å². The maximum Gasteiger partial charge on any atom is 0.263 e. The van der Waals surface area contributed by atoms with Crippen molar-refractivity contribution in [1.82, 2.24) is 5.01 Å². The molecule has 1 N–H and O–H groups in total. The van der Waals surface area contributed by atoms with Crippen LogP contribution >= 0.6 is 0 Å². The van der Waals surface area contributed by atoms with Gasteiger partial charge >= 0.3 is 0 Å². The largest absolute Gasteiger partial charge is 0.324 e. The van der Waals surface area contributed by atoms with E-state index in [1.807, 2.05) is 6.07 Å². The number of carbonyl (C=O) groups excluding carboxylic acids is 3. The number of benzene rings is 2. The molecule has 2 aromatic carbocycles. The third kappa shape index (κ3) is 3.03. The second kappa shape index (κ2) is 6.60. The minimum absolute atomic E-state index is 0.128. The Morgan fingerprint density at radius 2 is 1.85 bits per heavy atom. The van der Waals surface area contributed by atoms with E-state index in [9.17, 15) is 18.8 Å². The number of fused-ring (bicyclic) bond motifs is 1. The molecule has 0 saturated carbocycles. The molecule has 2 aliphatic rings. The van der Waals surface area contributed by atoms with E-state index in [0.717, 1.165) is 11.0 Å². The maximum atomic E-state index is 13.5. The highest BCUT2D eigenvalue weighted by atomic mass is 19.1. The first kappa shape index (κ1) is 16.8. The summed E-state index contributed by atoms with van der Waals surface area (Å²) in [6.45, 7) is -0.241. The van der Waals surface area contributed by atoms with Crippen LogP contribution in [-0.4, -0.2) is 41.4 Å². The normalized spacial score (nSPS) is 20.9. The Labute approximate surface area is 153 Å². The van der Waals surface area contributed by atoms with Gasteiger partial charge in [-0.05, 0) is 30.3 Å². The highest BCUT2D eigenvalue weighted by Crippen LogP contribution is 2.31. The van der Waals surface area contributed by atoms with Crippen LogP contribution in [0.15, 0.2) is 64.9 Å². The van der Waals surface area contributed by atoms with E-state index in [-0.39, 0.29) is 12.2 Å². The van der Waals surface area contributed by atoms with Crippen LogP contribution in [-0.2, 0) is 14.4 Å². The van der Waals surface area contributed by atoms with Gasteiger partial charge in [0.1, 0.15) is 12.4 Å². The molecule has 0 spiro atoms. The number of amides is 3. The Morgan fingerprint density at radius 1 is 1.07 bits per heavy atom. The average Bonchev–Trinajstić information content (AvgIpc) is 3.16. The van der Waals surface area contributed by atoms with Crippen molar-refractivity contribution in [3.63, 3.8) is 0 Å². The van der Waals surface area contributed by atoms with Gasteiger partial charge in [0.25, 0.3) is 11.8 Å². The number of anilines is 2. The Kier molecular flexibility index (Phi) is 4.11. The van der Waals surface area contributed by atoms with Crippen molar-refractivity contribution in [3.05, 3.63) is 60.4 Å². The average molecular weight is 367 g/mol. The fourth-order valence-electron chi connectivity index (χ4n) is 3.09. The van der Waals surface area contributed by atoms with E-state index in [0.29, 0.717) is 5.69 Å². The summed E-state index contributed by atoms with van der Waals surface area (Å²) in [4.78, 5) is 38.4. The molecule has 0 bridgehead atoms. The summed E-state index contributed by atoms with van der Waals surface area (Å²) in [5, 5.41) is 11.5. The molecular weight excluding hydrogens is 353 g/mol. The molecule has 0 unspecified atom stereocenters. The summed E-state index contributed by atoms with van der Waals surface area (Å²) in [6.07, 6.45) is 0. The minimum Gasteiger partial charge on any atom is -0.324 e. The zero-order valence-electron chi connectivity index (χ0n) is 13.9. The van der Waals surface area contributed by atoms with Gasteiger partial charge in [-0.25, -0.2) is 9.29 Å². The molecule has 1 fully saturated rings. The predicted octanol–water partition coefficient (Wildman–Crippen LogP) is 1.76. The molecule has 2 aliphatic heterocycles. The molecule has 0 aliphatic carbocycles. The molecule has 1 saturated heterocycles. The number of hydrogen-bond donors (Lipinski definition) is 1. The topological polar surface area (TPSA) is 94.4 Å². The number of rotatable bonds is 4. The molecular formula is C18H14FN5O3. The molecule has 0 radical (unpaired) electrons. The highest BCUT2D eigenvalue weighted by Gasteiger charge is 2.55. The first-order chi connectivity index (χ1) is 13.0. The Morgan fingerprint density at radius 3 is 2.59 bits per heavy atom. The van der Waals surface area contributed by atoms with Crippen LogP contribution < -0.4 is 10.2 Å². The van der Waals surface area contributed by atoms with Gasteiger partial charge in [0.2, 0.25) is 5.91 Å². The second-order valence-electron chi connectivity index (χ2n) is 6.10. The van der Waals surface area contributed by atoms with Crippen molar-refractivity contribution in [1.29, 1.82) is 0 Å². The summed E-state index contributed by atoms with van der Waals surface area (Å²) in [7, 11) is 0. The molecule has 2 heterocycles. The molecule has 27 heavy (non-hydrogen) atoms. The van der Waals surface area contributed by atoms with E-state index in [2.05, 4.69) is 15.7 Å². The van der Waals surface area contributed by atoms with Gasteiger partial charge in [0, 0.05) is 5.69 Å². The summed E-state index contributed by atoms with van der Waals surface area (Å²) in [6, 6.07) is 12.0. The fraction of sp³-hybridized carbons (Fsp3) is 0.167. The number of carbonyl (C=O) groups is 3. The van der Waals surface area contributed by atoms with Crippen molar-refractivity contribution in [2.45, 2.75) is 12.1 Å². The SMILES string of the molecule is O=C(CN1N=N[C@H]2C(=O)N(c3cccc(F)c3)C(=O)[C@H]21)Nc1ccccc1. The maximum absolute atomic E-state index is 13.5. The minimum atomic E-state index is -1.04. The Bertz CT molecular complexity index is 949. The number of imide groups is 1. The summed E-state index contributed by atoms with van der Waals surface area (Å²) in [5.41, 5.74) is 0.730. The van der Waals surface area contributed by atoms with Crippen LogP contribution in [0.5, 0.6) is 0 Å². The van der Waals surface area contributed by atoms with Crippen molar-refractivity contribution >= 4 is 29.1 Å². The highest BCUT2D eigenvalue weighted by molar-refractivity contribution is 6.25.